The van der Waals surface area contributed by atoms with Gasteiger partial charge in [0.2, 0.25) is 0 Å². The predicted molar refractivity (Wildman–Crippen MR) is 45.7 cm³/mol. The Kier molecular flexibility index (Phi) is 29.6. The summed E-state index contributed by atoms with van der Waals surface area (Å²) >= 11 is 0. The molecule has 0 saturated heterocycles. The summed E-state index contributed by atoms with van der Waals surface area (Å²) in [7, 11) is 0. The molecule has 0 amide bonds. The largest absolute Gasteiger partial charge is 6.00 e. The molecule has 0 aliphatic heterocycles. The first kappa shape index (κ1) is 25.5. The molecule has 0 saturated carbocycles. The summed E-state index contributed by atoms with van der Waals surface area (Å²) in [6, 6.07) is 10.0. The van der Waals surface area contributed by atoms with E-state index in [1.54, 1.807) is 0 Å². The smallest absolute Gasteiger partial charge is 0.214 e. The molecular formula is C10H5F5FeO2+4. The zero-order chi connectivity index (χ0) is 14.3. The molecule has 0 bridgehead atoms. The van der Waals surface area contributed by atoms with E-state index in [4.69, 9.17) is 9.30 Å². The summed E-state index contributed by atoms with van der Waals surface area (Å²) in [4.78, 5) is 0. The topological polar surface area (TPSA) is 39.8 Å². The minimum absolute atomic E-state index is 0. The summed E-state index contributed by atoms with van der Waals surface area (Å²) in [5.74, 6) is -2.73. The van der Waals surface area contributed by atoms with Crippen LogP contribution in [0.2, 0.25) is 0 Å². The molecule has 0 aromatic heterocycles. The molecule has 8 heteroatoms. The molecule has 1 aromatic rings. The van der Waals surface area contributed by atoms with Gasteiger partial charge in [0.25, 0.3) is 0 Å². The van der Waals surface area contributed by atoms with Gasteiger partial charge in [-0.3, -0.25) is 17.6 Å². The fourth-order valence-electron chi connectivity index (χ4n) is 0.392. The minimum Gasteiger partial charge on any atom is -0.214 e. The van der Waals surface area contributed by atoms with E-state index in [0.29, 0.717) is 0 Å². The number of hydrogen-bond acceptors (Lipinski definition) is 0. The third kappa shape index (κ3) is 20.1. The van der Waals surface area contributed by atoms with Crippen LogP contribution in [0.3, 0.4) is 0 Å². The van der Waals surface area contributed by atoms with E-state index >= 15 is 0 Å². The monoisotopic (exact) mass is 308 g/mol. The van der Waals surface area contributed by atoms with Crippen LogP contribution in [-0.2, 0) is 26.4 Å². The zero-order valence-corrected chi connectivity index (χ0v) is 9.55. The number of hydrogen-bond donors (Lipinski definition) is 0. The van der Waals surface area contributed by atoms with Crippen molar-refractivity contribution in [1.29, 1.82) is 0 Å². The van der Waals surface area contributed by atoms with Crippen molar-refractivity contribution >= 4 is 0 Å². The van der Waals surface area contributed by atoms with E-state index in [2.05, 4.69) is 13.3 Å². The van der Waals surface area contributed by atoms with Crippen LogP contribution in [0.15, 0.2) is 42.2 Å². The van der Waals surface area contributed by atoms with Crippen LogP contribution < -0.4 is 0 Å². The molecule has 2 nitrogen and oxygen atoms in total. The summed E-state index contributed by atoms with van der Waals surface area (Å²) < 4.78 is 68.7. The van der Waals surface area contributed by atoms with E-state index in [1.807, 2.05) is 30.3 Å². The fraction of sp³-hybridized carbons (Fsp3) is 0. The van der Waals surface area contributed by atoms with Gasteiger partial charge in [-0.25, -0.2) is 16.5 Å². The van der Waals surface area contributed by atoms with Crippen molar-refractivity contribution in [3.8, 4) is 0 Å². The van der Waals surface area contributed by atoms with Crippen molar-refractivity contribution in [1.82, 2.24) is 0 Å². The van der Waals surface area contributed by atoms with Crippen LogP contribution in [0.5, 0.6) is 0 Å². The molecule has 0 radical (unpaired) electrons. The average molecular weight is 308 g/mol. The molecule has 96 valence electrons. The average Bonchev–Trinajstić information content (AvgIpc) is 2.92. The first-order valence-electron chi connectivity index (χ1n) is 3.52. The second kappa shape index (κ2) is 21.0. The van der Waals surface area contributed by atoms with E-state index < -0.39 is 18.3 Å². The molecule has 1 aromatic carbocycles. The van der Waals surface area contributed by atoms with Gasteiger partial charge in [0, 0.05) is 0 Å². The van der Waals surface area contributed by atoms with Crippen molar-refractivity contribution in [3.63, 3.8) is 0 Å². The Hall–Kier alpha value is -1.39. The van der Waals surface area contributed by atoms with E-state index in [1.165, 1.54) is 0 Å². The maximum absolute atomic E-state index is 11.0. The second-order valence-corrected chi connectivity index (χ2v) is 1.80. The normalized spacial score (nSPS) is 6.28. The molecule has 0 atom stereocenters. The zero-order valence-electron chi connectivity index (χ0n) is 8.45. The number of rotatable bonds is 1. The number of halogens is 5. The van der Waals surface area contributed by atoms with Crippen LogP contribution in [0.25, 0.3) is 0 Å². The van der Waals surface area contributed by atoms with Gasteiger partial charge >= 0.3 is 39.7 Å². The third-order valence-corrected chi connectivity index (χ3v) is 0.887. The molecule has 0 unspecified atom stereocenters. The summed E-state index contributed by atoms with van der Waals surface area (Å²) in [5, 5.41) is 0. The molecule has 18 heavy (non-hydrogen) atoms. The van der Waals surface area contributed by atoms with Gasteiger partial charge in [0.15, 0.2) is 0 Å². The fourth-order valence-corrected chi connectivity index (χ4v) is 0.392. The second-order valence-electron chi connectivity index (χ2n) is 1.80. The summed E-state index contributed by atoms with van der Waals surface area (Å²) in [6.45, 7) is 9.00. The third-order valence-electron chi connectivity index (χ3n) is 0.887. The molecule has 0 heterocycles. The maximum atomic E-state index is 11.0. The van der Waals surface area contributed by atoms with Crippen LogP contribution in [0, 0.1) is 19.7 Å². The Morgan fingerprint density at radius 1 is 0.944 bits per heavy atom. The van der Waals surface area contributed by atoms with Gasteiger partial charge in [0.05, 0.1) is 5.83 Å². The Morgan fingerprint density at radius 2 is 1.28 bits per heavy atom. The van der Waals surface area contributed by atoms with Gasteiger partial charge in [-0.1, -0.05) is 0 Å². The van der Waals surface area contributed by atoms with Gasteiger partial charge in [-0.2, -0.15) is 18.2 Å². The van der Waals surface area contributed by atoms with E-state index in [-0.39, 0.29) is 17.1 Å². The minimum atomic E-state index is -3.00. The molecule has 0 fully saturated rings. The van der Waals surface area contributed by atoms with Gasteiger partial charge in [0.1, 0.15) is 12.5 Å². The quantitative estimate of drug-likeness (QED) is 0.327. The van der Waals surface area contributed by atoms with Crippen LogP contribution in [0.1, 0.15) is 0 Å². The van der Waals surface area contributed by atoms with Crippen LogP contribution in [0.4, 0.5) is 22.0 Å². The summed E-state index contributed by atoms with van der Waals surface area (Å²) in [5.41, 5.74) is 0. The van der Waals surface area contributed by atoms with Crippen molar-refractivity contribution < 1.29 is 48.3 Å². The standard InChI is InChI=1S/C5H5.C3F5.2CO.Fe/c1-2-4-5-3-1;4-1(2(5)6)3(7)8;2*1-2;/h1-5H;;;;/q2*-1;;;+6. The molecular weight excluding hydrogens is 303 g/mol. The van der Waals surface area contributed by atoms with E-state index in [0.717, 1.165) is 0 Å². The van der Waals surface area contributed by atoms with Crippen molar-refractivity contribution in [2.45, 2.75) is 0 Å². The molecule has 0 aliphatic carbocycles. The van der Waals surface area contributed by atoms with E-state index in [9.17, 15) is 22.0 Å². The Balaban J connectivity index is -0.0000000847. The Bertz CT molecular complexity index is 292. The van der Waals surface area contributed by atoms with Crippen molar-refractivity contribution in [2.75, 3.05) is 0 Å². The molecule has 1 rings (SSSR count). The van der Waals surface area contributed by atoms with Gasteiger partial charge < -0.3 is 0 Å². The van der Waals surface area contributed by atoms with Crippen molar-refractivity contribution in [3.05, 3.63) is 62.0 Å². The van der Waals surface area contributed by atoms with Crippen LogP contribution in [-0.4, -0.2) is 0 Å². The first-order valence-corrected chi connectivity index (χ1v) is 3.52. The SMILES string of the molecule is FC(F)=C(F)[C-](F)F.[C-]#[O+].[C-]#[O+].[Fe+6].c1cc[cH-]c1. The van der Waals surface area contributed by atoms with Crippen LogP contribution >= 0.6 is 0 Å². The molecule has 0 spiro atoms. The maximum Gasteiger partial charge on any atom is 6.00 e. The predicted octanol–water partition coefficient (Wildman–Crippen LogP) is 3.82. The summed E-state index contributed by atoms with van der Waals surface area (Å²) in [6.07, 6.45) is -5.99. The Morgan fingerprint density at radius 3 is 1.33 bits per heavy atom. The first-order chi connectivity index (χ1) is 8.05. The molecule has 0 aliphatic rings. The molecule has 0 N–H and O–H groups in total. The van der Waals surface area contributed by atoms with Crippen molar-refractivity contribution in [2.24, 2.45) is 0 Å². The van der Waals surface area contributed by atoms with Gasteiger partial charge in [-0.15, -0.1) is 0 Å². The van der Waals surface area contributed by atoms with Gasteiger partial charge in [-0.05, 0) is 0 Å². The Labute approximate surface area is 111 Å². The number of allylic oxidation sites excluding steroid dienone is 1.